The lowest BCUT2D eigenvalue weighted by atomic mass is 10.1. The largest absolute Gasteiger partial charge is 0.497 e. The minimum atomic E-state index is -0.110. The summed E-state index contributed by atoms with van der Waals surface area (Å²) in [6.07, 6.45) is 0. The highest BCUT2D eigenvalue weighted by atomic mass is 32.2. The van der Waals surface area contributed by atoms with Crippen molar-refractivity contribution in [1.82, 2.24) is 14.8 Å². The number of hydrogen-bond donors (Lipinski definition) is 1. The third-order valence-electron chi connectivity index (χ3n) is 4.98. The zero-order valence-corrected chi connectivity index (χ0v) is 20.1. The Morgan fingerprint density at radius 3 is 2.32 bits per heavy atom. The molecule has 0 fully saturated rings. The molecular formula is C26H26N4O3S. The van der Waals surface area contributed by atoms with Gasteiger partial charge in [0.15, 0.2) is 11.0 Å². The molecule has 1 heterocycles. The molecule has 0 saturated heterocycles. The number of para-hydroxylation sites is 1. The van der Waals surface area contributed by atoms with Crippen LogP contribution in [0.15, 0.2) is 78.0 Å². The Morgan fingerprint density at radius 1 is 0.941 bits per heavy atom. The summed E-state index contributed by atoms with van der Waals surface area (Å²) in [4.78, 5) is 12.6. The van der Waals surface area contributed by atoms with E-state index in [1.807, 2.05) is 85.1 Å². The third-order valence-corrected chi connectivity index (χ3v) is 5.91. The van der Waals surface area contributed by atoms with Crippen LogP contribution in [0.4, 0.5) is 5.69 Å². The molecule has 0 unspecified atom stereocenters. The summed E-state index contributed by atoms with van der Waals surface area (Å²) in [5, 5.41) is 12.2. The SMILES string of the molecule is COc1ccc(-n2c(COc3ccccc3)nnc2SCC(=O)Nc2cc(C)cc(C)c2)cc1. The van der Waals surface area contributed by atoms with Crippen LogP contribution in [-0.4, -0.2) is 33.5 Å². The van der Waals surface area contributed by atoms with Crippen LogP contribution < -0.4 is 14.8 Å². The molecule has 1 aromatic heterocycles. The van der Waals surface area contributed by atoms with Gasteiger partial charge in [-0.25, -0.2) is 0 Å². The van der Waals surface area contributed by atoms with Crippen LogP contribution in [0.3, 0.4) is 0 Å². The number of ether oxygens (including phenoxy) is 2. The molecule has 3 aromatic carbocycles. The number of rotatable bonds is 9. The number of aryl methyl sites for hydroxylation is 2. The molecule has 0 saturated carbocycles. The summed E-state index contributed by atoms with van der Waals surface area (Å²) in [5.74, 6) is 2.21. The van der Waals surface area contributed by atoms with Crippen LogP contribution in [-0.2, 0) is 11.4 Å². The summed E-state index contributed by atoms with van der Waals surface area (Å²) < 4.78 is 13.1. The molecule has 0 bridgehead atoms. The minimum Gasteiger partial charge on any atom is -0.497 e. The molecule has 0 spiro atoms. The Labute approximate surface area is 203 Å². The molecule has 1 amide bonds. The molecule has 0 atom stereocenters. The zero-order valence-electron chi connectivity index (χ0n) is 19.3. The lowest BCUT2D eigenvalue weighted by Gasteiger charge is -2.12. The van der Waals surface area contributed by atoms with Gasteiger partial charge in [-0.05, 0) is 73.5 Å². The molecule has 7 nitrogen and oxygen atoms in total. The number of hydrogen-bond acceptors (Lipinski definition) is 6. The third kappa shape index (κ3) is 5.96. The average Bonchev–Trinajstić information content (AvgIpc) is 3.24. The maximum Gasteiger partial charge on any atom is 0.234 e. The van der Waals surface area contributed by atoms with Crippen LogP contribution in [0, 0.1) is 13.8 Å². The highest BCUT2D eigenvalue weighted by Crippen LogP contribution is 2.25. The lowest BCUT2D eigenvalue weighted by Crippen LogP contribution is -2.15. The number of carbonyl (C=O) groups excluding carboxylic acids is 1. The van der Waals surface area contributed by atoms with Crippen LogP contribution in [0.25, 0.3) is 5.69 Å². The number of methoxy groups -OCH3 is 1. The quantitative estimate of drug-likeness (QED) is 0.336. The fraction of sp³-hybridized carbons (Fsp3) is 0.192. The number of nitrogens with zero attached hydrogens (tertiary/aromatic N) is 3. The van der Waals surface area contributed by atoms with Gasteiger partial charge in [-0.2, -0.15) is 0 Å². The van der Waals surface area contributed by atoms with Crippen molar-refractivity contribution in [1.29, 1.82) is 0 Å². The zero-order chi connectivity index (χ0) is 23.9. The van der Waals surface area contributed by atoms with Gasteiger partial charge in [0.1, 0.15) is 18.1 Å². The molecule has 34 heavy (non-hydrogen) atoms. The molecule has 0 radical (unpaired) electrons. The van der Waals surface area contributed by atoms with Gasteiger partial charge in [-0.1, -0.05) is 36.0 Å². The standard InChI is InChI=1S/C26H26N4O3S/c1-18-13-19(2)15-20(14-18)27-25(31)17-34-26-29-28-24(16-33-23-7-5-4-6-8-23)30(26)21-9-11-22(32-3)12-10-21/h4-15H,16-17H2,1-3H3,(H,27,31). The van der Waals surface area contributed by atoms with E-state index < -0.39 is 0 Å². The predicted molar refractivity (Wildman–Crippen MR) is 134 cm³/mol. The summed E-state index contributed by atoms with van der Waals surface area (Å²) in [6.45, 7) is 4.25. The van der Waals surface area contributed by atoms with Crippen molar-refractivity contribution >= 4 is 23.4 Å². The Bertz CT molecular complexity index is 1240. The maximum atomic E-state index is 12.6. The smallest absolute Gasteiger partial charge is 0.234 e. The Kier molecular flexibility index (Phi) is 7.49. The summed E-state index contributed by atoms with van der Waals surface area (Å²) in [7, 11) is 1.63. The van der Waals surface area contributed by atoms with E-state index in [2.05, 4.69) is 21.6 Å². The molecule has 0 aliphatic heterocycles. The maximum absolute atomic E-state index is 12.6. The van der Waals surface area contributed by atoms with Crippen molar-refractivity contribution in [2.75, 3.05) is 18.2 Å². The number of nitrogens with one attached hydrogen (secondary N) is 1. The Hall–Kier alpha value is -3.78. The number of amides is 1. The van der Waals surface area contributed by atoms with Crippen LogP contribution in [0.5, 0.6) is 11.5 Å². The van der Waals surface area contributed by atoms with E-state index in [1.54, 1.807) is 7.11 Å². The van der Waals surface area contributed by atoms with E-state index in [9.17, 15) is 4.79 Å². The molecule has 1 N–H and O–H groups in total. The first kappa shape index (κ1) is 23.4. The fourth-order valence-corrected chi connectivity index (χ4v) is 4.29. The first-order chi connectivity index (χ1) is 16.5. The van der Waals surface area contributed by atoms with Gasteiger partial charge < -0.3 is 14.8 Å². The van der Waals surface area contributed by atoms with Crippen molar-refractivity contribution < 1.29 is 14.3 Å². The monoisotopic (exact) mass is 474 g/mol. The van der Waals surface area contributed by atoms with E-state index >= 15 is 0 Å². The topological polar surface area (TPSA) is 78.3 Å². The van der Waals surface area contributed by atoms with Crippen LogP contribution >= 0.6 is 11.8 Å². The van der Waals surface area contributed by atoms with Crippen LogP contribution in [0.2, 0.25) is 0 Å². The van der Waals surface area contributed by atoms with Gasteiger partial charge in [0, 0.05) is 11.4 Å². The first-order valence-corrected chi connectivity index (χ1v) is 11.8. The predicted octanol–water partition coefficient (Wildman–Crippen LogP) is 5.20. The number of thioether (sulfide) groups is 1. The summed E-state index contributed by atoms with van der Waals surface area (Å²) in [6, 6.07) is 23.1. The van der Waals surface area contributed by atoms with Gasteiger partial charge in [-0.3, -0.25) is 9.36 Å². The second-order valence-electron chi connectivity index (χ2n) is 7.75. The molecular weight excluding hydrogens is 448 g/mol. The Balaban J connectivity index is 1.52. The van der Waals surface area contributed by atoms with Gasteiger partial charge in [-0.15, -0.1) is 10.2 Å². The van der Waals surface area contributed by atoms with E-state index in [-0.39, 0.29) is 18.3 Å². The normalized spacial score (nSPS) is 10.7. The highest BCUT2D eigenvalue weighted by molar-refractivity contribution is 7.99. The average molecular weight is 475 g/mol. The van der Waals surface area contributed by atoms with E-state index in [1.165, 1.54) is 11.8 Å². The summed E-state index contributed by atoms with van der Waals surface area (Å²) >= 11 is 1.32. The van der Waals surface area contributed by atoms with E-state index in [4.69, 9.17) is 9.47 Å². The van der Waals surface area contributed by atoms with Gasteiger partial charge in [0.25, 0.3) is 0 Å². The second kappa shape index (κ2) is 10.9. The highest BCUT2D eigenvalue weighted by Gasteiger charge is 2.17. The molecule has 4 rings (SSSR count). The minimum absolute atomic E-state index is 0.110. The van der Waals surface area contributed by atoms with E-state index in [0.717, 1.165) is 34.0 Å². The second-order valence-corrected chi connectivity index (χ2v) is 8.69. The number of anilines is 1. The lowest BCUT2D eigenvalue weighted by molar-refractivity contribution is -0.113. The van der Waals surface area contributed by atoms with Crippen molar-refractivity contribution in [2.45, 2.75) is 25.6 Å². The number of carbonyl (C=O) groups is 1. The van der Waals surface area contributed by atoms with Crippen molar-refractivity contribution in [3.8, 4) is 17.2 Å². The van der Waals surface area contributed by atoms with Crippen molar-refractivity contribution in [3.63, 3.8) is 0 Å². The molecule has 8 heteroatoms. The van der Waals surface area contributed by atoms with Gasteiger partial charge in [0.05, 0.1) is 12.9 Å². The number of benzene rings is 3. The first-order valence-electron chi connectivity index (χ1n) is 10.8. The molecule has 0 aliphatic rings. The summed E-state index contributed by atoms with van der Waals surface area (Å²) in [5.41, 5.74) is 3.85. The molecule has 174 valence electrons. The van der Waals surface area contributed by atoms with E-state index in [0.29, 0.717) is 11.0 Å². The van der Waals surface area contributed by atoms with Gasteiger partial charge in [0.2, 0.25) is 5.91 Å². The fourth-order valence-electron chi connectivity index (χ4n) is 3.52. The Morgan fingerprint density at radius 2 is 1.65 bits per heavy atom. The molecule has 0 aliphatic carbocycles. The van der Waals surface area contributed by atoms with Crippen LogP contribution in [0.1, 0.15) is 17.0 Å². The van der Waals surface area contributed by atoms with Crippen molar-refractivity contribution in [3.05, 3.63) is 89.7 Å². The van der Waals surface area contributed by atoms with Gasteiger partial charge >= 0.3 is 0 Å². The number of aromatic nitrogens is 3. The molecule has 4 aromatic rings. The van der Waals surface area contributed by atoms with Crippen molar-refractivity contribution in [2.24, 2.45) is 0 Å².